The monoisotopic (exact) mass is 287 g/mol. The van der Waals surface area contributed by atoms with Crippen LogP contribution in [0.5, 0.6) is 0 Å². The van der Waals surface area contributed by atoms with E-state index in [-0.39, 0.29) is 17.3 Å². The number of nitrogens with one attached hydrogen (secondary N) is 1. The number of hydrogen-bond donors (Lipinski definition) is 2. The first-order valence-corrected chi connectivity index (χ1v) is 7.33. The summed E-state index contributed by atoms with van der Waals surface area (Å²) < 4.78 is 26.6. The van der Waals surface area contributed by atoms with Gasteiger partial charge < -0.3 is 5.73 Å². The summed E-state index contributed by atoms with van der Waals surface area (Å²) in [7, 11) is -3.64. The summed E-state index contributed by atoms with van der Waals surface area (Å²) >= 11 is 0. The van der Waals surface area contributed by atoms with Gasteiger partial charge in [-0.3, -0.25) is 4.72 Å². The minimum atomic E-state index is -3.64. The van der Waals surface area contributed by atoms with Gasteiger partial charge in [0.25, 0.3) is 10.0 Å². The molecule has 0 aliphatic carbocycles. The van der Waals surface area contributed by atoms with Gasteiger partial charge in [-0.15, -0.1) is 0 Å². The highest BCUT2D eigenvalue weighted by atomic mass is 32.2. The van der Waals surface area contributed by atoms with E-state index in [0.717, 1.165) is 0 Å². The number of anilines is 1. The molecule has 0 bridgehead atoms. The third-order valence-corrected chi connectivity index (χ3v) is 3.77. The molecule has 1 heterocycles. The first-order valence-electron chi connectivity index (χ1n) is 5.85. The van der Waals surface area contributed by atoms with Crippen LogP contribution in [0.25, 0.3) is 0 Å². The molecule has 0 atom stereocenters. The smallest absolute Gasteiger partial charge is 0.263 e. The maximum Gasteiger partial charge on any atom is 0.263 e. The minimum Gasteiger partial charge on any atom is -0.320 e. The number of rotatable bonds is 3. The maximum atomic E-state index is 12.1. The van der Waals surface area contributed by atoms with Crippen molar-refractivity contribution >= 4 is 15.8 Å². The zero-order valence-electron chi connectivity index (χ0n) is 10.6. The van der Waals surface area contributed by atoms with Crippen LogP contribution < -0.4 is 10.5 Å². The molecule has 0 radical (unpaired) electrons. The van der Waals surface area contributed by atoms with Gasteiger partial charge >= 0.3 is 0 Å². The van der Waals surface area contributed by atoms with E-state index in [9.17, 15) is 8.42 Å². The zero-order chi connectivity index (χ0) is 14.4. The van der Waals surface area contributed by atoms with E-state index in [2.05, 4.69) is 21.5 Å². The van der Waals surface area contributed by atoms with Crippen molar-refractivity contribution in [2.24, 2.45) is 5.73 Å². The van der Waals surface area contributed by atoms with Crippen molar-refractivity contribution in [3.8, 4) is 11.8 Å². The summed E-state index contributed by atoms with van der Waals surface area (Å²) in [5.41, 5.74) is 5.99. The molecule has 0 fully saturated rings. The molecule has 2 aromatic rings. The number of nitrogens with two attached hydrogens (primary N) is 1. The van der Waals surface area contributed by atoms with Crippen molar-refractivity contribution in [2.45, 2.75) is 4.90 Å². The van der Waals surface area contributed by atoms with Crippen molar-refractivity contribution in [2.75, 3.05) is 11.3 Å². The van der Waals surface area contributed by atoms with Crippen LogP contribution >= 0.6 is 0 Å². The lowest BCUT2D eigenvalue weighted by molar-refractivity contribution is 0.601. The number of sulfonamides is 1. The summed E-state index contributed by atoms with van der Waals surface area (Å²) in [6.45, 7) is 0.265. The van der Waals surface area contributed by atoms with Crippen LogP contribution in [0.1, 0.15) is 5.56 Å². The van der Waals surface area contributed by atoms with E-state index in [1.54, 1.807) is 30.3 Å². The van der Waals surface area contributed by atoms with Gasteiger partial charge in [0, 0.05) is 11.8 Å². The molecule has 0 aliphatic heterocycles. The SMILES string of the molecule is NCC#Cc1ccc(S(=O)(=O)Nc2ccccn2)cc1. The number of pyridine rings is 1. The number of aromatic nitrogens is 1. The molecule has 0 aliphatic rings. The largest absolute Gasteiger partial charge is 0.320 e. The fourth-order valence-electron chi connectivity index (χ4n) is 1.49. The third kappa shape index (κ3) is 3.57. The van der Waals surface area contributed by atoms with E-state index in [4.69, 9.17) is 5.73 Å². The second kappa shape index (κ2) is 6.19. The maximum absolute atomic E-state index is 12.1. The highest BCUT2D eigenvalue weighted by Crippen LogP contribution is 2.14. The second-order valence-electron chi connectivity index (χ2n) is 3.85. The van der Waals surface area contributed by atoms with Gasteiger partial charge in [-0.1, -0.05) is 17.9 Å². The van der Waals surface area contributed by atoms with Crippen LogP contribution in [-0.2, 0) is 10.0 Å². The fourth-order valence-corrected chi connectivity index (χ4v) is 2.50. The Hall–Kier alpha value is -2.36. The molecule has 0 saturated heterocycles. The van der Waals surface area contributed by atoms with Gasteiger partial charge in [0.1, 0.15) is 5.82 Å². The van der Waals surface area contributed by atoms with Gasteiger partial charge in [-0.25, -0.2) is 13.4 Å². The summed E-state index contributed by atoms with van der Waals surface area (Å²) in [5.74, 6) is 5.81. The predicted molar refractivity (Wildman–Crippen MR) is 77.4 cm³/mol. The molecule has 1 aromatic heterocycles. The molecular weight excluding hydrogens is 274 g/mol. The van der Waals surface area contributed by atoms with E-state index >= 15 is 0 Å². The molecule has 6 heteroatoms. The van der Waals surface area contributed by atoms with E-state index < -0.39 is 10.0 Å². The summed E-state index contributed by atoms with van der Waals surface area (Å²) in [6, 6.07) is 11.3. The lowest BCUT2D eigenvalue weighted by Crippen LogP contribution is -2.13. The van der Waals surface area contributed by atoms with Gasteiger partial charge in [0.05, 0.1) is 11.4 Å². The van der Waals surface area contributed by atoms with Crippen LogP contribution in [0.2, 0.25) is 0 Å². The Labute approximate surface area is 117 Å². The Kier molecular flexibility index (Phi) is 4.35. The molecule has 5 nitrogen and oxygen atoms in total. The van der Waals surface area contributed by atoms with Crippen molar-refractivity contribution in [3.63, 3.8) is 0 Å². The van der Waals surface area contributed by atoms with E-state index in [1.807, 2.05) is 0 Å². The fraction of sp³-hybridized carbons (Fsp3) is 0.0714. The lowest BCUT2D eigenvalue weighted by Gasteiger charge is -2.06. The Balaban J connectivity index is 2.22. The Morgan fingerprint density at radius 2 is 1.90 bits per heavy atom. The molecule has 0 saturated carbocycles. The lowest BCUT2D eigenvalue weighted by atomic mass is 10.2. The molecule has 0 spiro atoms. The number of hydrogen-bond acceptors (Lipinski definition) is 4. The van der Waals surface area contributed by atoms with Crippen molar-refractivity contribution in [1.82, 2.24) is 4.98 Å². The van der Waals surface area contributed by atoms with Crippen LogP contribution in [0.15, 0.2) is 53.6 Å². The van der Waals surface area contributed by atoms with Crippen LogP contribution in [0.4, 0.5) is 5.82 Å². The highest BCUT2D eigenvalue weighted by Gasteiger charge is 2.14. The Morgan fingerprint density at radius 3 is 2.50 bits per heavy atom. The highest BCUT2D eigenvalue weighted by molar-refractivity contribution is 7.92. The molecule has 20 heavy (non-hydrogen) atoms. The van der Waals surface area contributed by atoms with E-state index in [1.165, 1.54) is 18.3 Å². The average Bonchev–Trinajstić information content (AvgIpc) is 2.46. The zero-order valence-corrected chi connectivity index (χ0v) is 11.4. The normalized spacial score (nSPS) is 10.4. The van der Waals surface area contributed by atoms with Crippen LogP contribution in [0, 0.1) is 11.8 Å². The molecule has 2 rings (SSSR count). The van der Waals surface area contributed by atoms with Crippen LogP contribution in [-0.4, -0.2) is 19.9 Å². The molecule has 0 unspecified atom stereocenters. The van der Waals surface area contributed by atoms with Crippen molar-refractivity contribution in [1.29, 1.82) is 0 Å². The minimum absolute atomic E-state index is 0.154. The standard InChI is InChI=1S/C14H13N3O2S/c15-10-3-4-12-6-8-13(9-7-12)20(18,19)17-14-5-1-2-11-16-14/h1-2,5-9,11H,10,15H2,(H,16,17). The van der Waals surface area contributed by atoms with Gasteiger partial charge in [-0.2, -0.15) is 0 Å². The second-order valence-corrected chi connectivity index (χ2v) is 5.53. The van der Waals surface area contributed by atoms with Gasteiger partial charge in [0.15, 0.2) is 0 Å². The Morgan fingerprint density at radius 1 is 1.15 bits per heavy atom. The van der Waals surface area contributed by atoms with Crippen LogP contribution in [0.3, 0.4) is 0 Å². The topological polar surface area (TPSA) is 85.1 Å². The summed E-state index contributed by atoms with van der Waals surface area (Å²) in [6.07, 6.45) is 1.52. The van der Waals surface area contributed by atoms with Crippen molar-refractivity contribution < 1.29 is 8.42 Å². The molecule has 102 valence electrons. The average molecular weight is 287 g/mol. The summed E-state index contributed by atoms with van der Waals surface area (Å²) in [5, 5.41) is 0. The molecule has 1 aromatic carbocycles. The molecule has 3 N–H and O–H groups in total. The first-order chi connectivity index (χ1) is 9.62. The van der Waals surface area contributed by atoms with Gasteiger partial charge in [-0.05, 0) is 36.4 Å². The van der Waals surface area contributed by atoms with Crippen molar-refractivity contribution in [3.05, 3.63) is 54.2 Å². The molecular formula is C14H13N3O2S. The summed E-state index contributed by atoms with van der Waals surface area (Å²) in [4.78, 5) is 4.08. The number of benzene rings is 1. The Bertz CT molecular complexity index is 729. The number of nitrogens with zero attached hydrogens (tertiary/aromatic N) is 1. The third-order valence-electron chi connectivity index (χ3n) is 2.40. The predicted octanol–water partition coefficient (Wildman–Crippen LogP) is 1.19. The quantitative estimate of drug-likeness (QED) is 0.830. The first kappa shape index (κ1) is 14.1. The molecule has 0 amide bonds. The van der Waals surface area contributed by atoms with Gasteiger partial charge in [0.2, 0.25) is 0 Å². The van der Waals surface area contributed by atoms with E-state index in [0.29, 0.717) is 5.56 Å².